The number of amides is 1. The summed E-state index contributed by atoms with van der Waals surface area (Å²) in [6, 6.07) is 4.82. The zero-order chi connectivity index (χ0) is 18.2. The number of fused-ring (bicyclic) bond motifs is 1. The van der Waals surface area contributed by atoms with Gasteiger partial charge in [0.1, 0.15) is 11.8 Å². The molecule has 25 heavy (non-hydrogen) atoms. The molecule has 0 saturated heterocycles. The molecule has 1 aliphatic rings. The smallest absolute Gasteiger partial charge is 0.262 e. The Balaban J connectivity index is 2.04. The molecule has 9 nitrogen and oxygen atoms in total. The highest BCUT2D eigenvalue weighted by Crippen LogP contribution is 2.29. The first-order valence-corrected chi connectivity index (χ1v) is 8.91. The third kappa shape index (κ3) is 2.99. The van der Waals surface area contributed by atoms with Gasteiger partial charge >= 0.3 is 0 Å². The Hall–Kier alpha value is -2.43. The lowest BCUT2D eigenvalue weighted by atomic mass is 10.0. The molecule has 3 rings (SSSR count). The van der Waals surface area contributed by atoms with Gasteiger partial charge in [-0.05, 0) is 24.3 Å². The number of benzene rings is 1. The van der Waals surface area contributed by atoms with E-state index in [1.807, 2.05) is 0 Å². The largest absolute Gasteiger partial charge is 0.497 e. The highest BCUT2D eigenvalue weighted by molar-refractivity contribution is 7.89. The Labute approximate surface area is 144 Å². The topological polar surface area (TPSA) is 114 Å². The number of carbonyl (C=O) groups is 1. The van der Waals surface area contributed by atoms with Gasteiger partial charge in [-0.2, -0.15) is 4.31 Å². The fourth-order valence-electron chi connectivity index (χ4n) is 2.85. The van der Waals surface area contributed by atoms with Gasteiger partial charge in [-0.25, -0.2) is 18.9 Å². The second-order valence-electron chi connectivity index (χ2n) is 5.67. The van der Waals surface area contributed by atoms with Gasteiger partial charge in [0.05, 0.1) is 36.3 Å². The molecule has 0 aliphatic carbocycles. The van der Waals surface area contributed by atoms with E-state index >= 15 is 0 Å². The van der Waals surface area contributed by atoms with Gasteiger partial charge in [0.2, 0.25) is 10.0 Å². The lowest BCUT2D eigenvalue weighted by molar-refractivity contribution is -0.133. The summed E-state index contributed by atoms with van der Waals surface area (Å²) in [7, 11) is -0.718. The molecule has 0 bridgehead atoms. The molecule has 2 N–H and O–H groups in total. The molecule has 134 valence electrons. The third-order valence-corrected chi connectivity index (χ3v) is 6.13. The molecule has 1 atom stereocenters. The maximum absolute atomic E-state index is 13.1. The van der Waals surface area contributed by atoms with E-state index in [1.54, 1.807) is 23.4 Å². The Morgan fingerprint density at radius 1 is 1.36 bits per heavy atom. The zero-order valence-corrected chi connectivity index (χ0v) is 14.5. The minimum Gasteiger partial charge on any atom is -0.497 e. The molecule has 1 aliphatic heterocycles. The number of methoxy groups -OCH3 is 1. The molecule has 10 heteroatoms. The van der Waals surface area contributed by atoms with Crippen LogP contribution in [-0.2, 0) is 34.8 Å². The quantitative estimate of drug-likeness (QED) is 0.584. The maximum atomic E-state index is 13.1. The van der Waals surface area contributed by atoms with Crippen molar-refractivity contribution in [3.05, 3.63) is 42.0 Å². The number of hydroxylamine groups is 1. The number of hydrogen-bond donors (Lipinski definition) is 2. The van der Waals surface area contributed by atoms with Crippen LogP contribution in [0.3, 0.4) is 0 Å². The minimum absolute atomic E-state index is 0.0156. The van der Waals surface area contributed by atoms with Gasteiger partial charge in [-0.1, -0.05) is 0 Å². The van der Waals surface area contributed by atoms with Gasteiger partial charge in [-0.3, -0.25) is 10.0 Å². The highest BCUT2D eigenvalue weighted by Gasteiger charge is 2.41. The van der Waals surface area contributed by atoms with Crippen LogP contribution in [0.25, 0.3) is 0 Å². The lowest BCUT2D eigenvalue weighted by Crippen LogP contribution is -2.52. The summed E-state index contributed by atoms with van der Waals surface area (Å²) < 4.78 is 33.9. The van der Waals surface area contributed by atoms with Gasteiger partial charge in [0.15, 0.2) is 0 Å². The van der Waals surface area contributed by atoms with Crippen LogP contribution >= 0.6 is 0 Å². The predicted octanol–water partition coefficient (Wildman–Crippen LogP) is 0.0497. The maximum Gasteiger partial charge on any atom is 0.262 e. The summed E-state index contributed by atoms with van der Waals surface area (Å²) in [6.07, 6.45) is 1.65. The van der Waals surface area contributed by atoms with Crippen molar-refractivity contribution in [3.63, 3.8) is 0 Å². The van der Waals surface area contributed by atoms with Crippen molar-refractivity contribution in [2.24, 2.45) is 7.05 Å². The van der Waals surface area contributed by atoms with E-state index in [0.717, 1.165) is 4.31 Å². The summed E-state index contributed by atoms with van der Waals surface area (Å²) in [5.41, 5.74) is 2.89. The summed E-state index contributed by atoms with van der Waals surface area (Å²) >= 11 is 0. The van der Waals surface area contributed by atoms with Crippen molar-refractivity contribution in [3.8, 4) is 5.75 Å². The number of imidazole rings is 1. The van der Waals surface area contributed by atoms with Crippen molar-refractivity contribution < 1.29 is 23.2 Å². The van der Waals surface area contributed by atoms with Crippen molar-refractivity contribution >= 4 is 15.9 Å². The molecule has 0 radical (unpaired) electrons. The molecule has 2 heterocycles. The molecule has 0 saturated carbocycles. The first kappa shape index (κ1) is 17.4. The summed E-state index contributed by atoms with van der Waals surface area (Å²) in [5.74, 6) is -0.274. The number of carbonyl (C=O) groups excluding carboxylic acids is 1. The number of hydrogen-bond acceptors (Lipinski definition) is 6. The van der Waals surface area contributed by atoms with E-state index in [1.165, 1.54) is 31.4 Å². The van der Waals surface area contributed by atoms with Crippen LogP contribution in [0.2, 0.25) is 0 Å². The Bertz CT molecular complexity index is 891. The third-order valence-electron chi connectivity index (χ3n) is 4.26. The summed E-state index contributed by atoms with van der Waals surface area (Å²) in [5, 5.41) is 9.00. The van der Waals surface area contributed by atoms with Gasteiger partial charge < -0.3 is 9.30 Å². The Kier molecular flexibility index (Phi) is 4.50. The first-order chi connectivity index (χ1) is 11.9. The van der Waals surface area contributed by atoms with Crippen molar-refractivity contribution in [2.45, 2.75) is 23.9 Å². The molecule has 1 aromatic heterocycles. The molecule has 1 amide bonds. The number of ether oxygens (including phenoxy) is 1. The molecular weight excluding hydrogens is 348 g/mol. The average Bonchev–Trinajstić information content (AvgIpc) is 3.00. The van der Waals surface area contributed by atoms with Crippen molar-refractivity contribution in [2.75, 3.05) is 7.11 Å². The van der Waals surface area contributed by atoms with E-state index in [4.69, 9.17) is 9.94 Å². The normalized spacial score (nSPS) is 17.8. The molecule has 0 unspecified atom stereocenters. The second-order valence-corrected chi connectivity index (χ2v) is 7.56. The fourth-order valence-corrected chi connectivity index (χ4v) is 4.40. The standard InChI is InChI=1S/C15H18N4O5S/c1-18-9-16-12-7-13(15(20)17-21)19(8-14(12)18)25(22,23)11-5-3-10(24-2)4-6-11/h3-6,9,13,21H,7-8H2,1-2H3,(H,17,20)/t13-/m1/s1. The van der Waals surface area contributed by atoms with Crippen LogP contribution in [0.1, 0.15) is 11.4 Å². The molecule has 2 aromatic rings. The summed E-state index contributed by atoms with van der Waals surface area (Å²) in [6.45, 7) is -0.0156. The van der Waals surface area contributed by atoms with Crippen molar-refractivity contribution in [1.82, 2.24) is 19.3 Å². The van der Waals surface area contributed by atoms with E-state index in [9.17, 15) is 13.2 Å². The molecule has 0 spiro atoms. The minimum atomic E-state index is -3.96. The number of nitrogens with one attached hydrogen (secondary N) is 1. The molecule has 1 aromatic carbocycles. The fraction of sp³-hybridized carbons (Fsp3) is 0.333. The van der Waals surface area contributed by atoms with Gasteiger partial charge in [0, 0.05) is 13.5 Å². The van der Waals surface area contributed by atoms with Crippen LogP contribution in [0.4, 0.5) is 0 Å². The number of aromatic nitrogens is 2. The Morgan fingerprint density at radius 3 is 2.64 bits per heavy atom. The molecular formula is C15H18N4O5S. The van der Waals surface area contributed by atoms with E-state index in [0.29, 0.717) is 17.1 Å². The van der Waals surface area contributed by atoms with Gasteiger partial charge in [0.25, 0.3) is 5.91 Å². The van der Waals surface area contributed by atoms with Crippen LogP contribution in [0.15, 0.2) is 35.5 Å². The SMILES string of the molecule is COc1ccc(S(=O)(=O)N2Cc3c(ncn3C)C[C@@H]2C(=O)NO)cc1. The number of sulfonamides is 1. The van der Waals surface area contributed by atoms with Crippen LogP contribution in [0.5, 0.6) is 5.75 Å². The number of aryl methyl sites for hydroxylation is 1. The van der Waals surface area contributed by atoms with E-state index in [2.05, 4.69) is 4.98 Å². The molecule has 0 fully saturated rings. The van der Waals surface area contributed by atoms with Crippen LogP contribution in [0, 0.1) is 0 Å². The number of rotatable bonds is 4. The first-order valence-electron chi connectivity index (χ1n) is 7.47. The second kappa shape index (κ2) is 6.47. The predicted molar refractivity (Wildman–Crippen MR) is 86.4 cm³/mol. The van der Waals surface area contributed by atoms with Gasteiger partial charge in [-0.15, -0.1) is 0 Å². The number of nitrogens with zero attached hydrogens (tertiary/aromatic N) is 3. The van der Waals surface area contributed by atoms with Crippen LogP contribution < -0.4 is 10.2 Å². The van der Waals surface area contributed by atoms with E-state index in [-0.39, 0.29) is 17.9 Å². The van der Waals surface area contributed by atoms with Crippen molar-refractivity contribution in [1.29, 1.82) is 0 Å². The van der Waals surface area contributed by atoms with Crippen LogP contribution in [-0.4, -0.2) is 46.5 Å². The average molecular weight is 366 g/mol. The summed E-state index contributed by atoms with van der Waals surface area (Å²) in [4.78, 5) is 16.3. The lowest BCUT2D eigenvalue weighted by Gasteiger charge is -2.33. The highest BCUT2D eigenvalue weighted by atomic mass is 32.2. The monoisotopic (exact) mass is 366 g/mol. The zero-order valence-electron chi connectivity index (χ0n) is 13.7. The Morgan fingerprint density at radius 2 is 2.04 bits per heavy atom. The van der Waals surface area contributed by atoms with E-state index < -0.39 is 22.0 Å².